The van der Waals surface area contributed by atoms with E-state index in [9.17, 15) is 13.2 Å². The molecule has 7 nitrogen and oxygen atoms in total. The SMILES string of the molecule is O=c1cc[nH]cc1S(=O)(=O)Nc1ccc2c(c1)OCO2. The van der Waals surface area contributed by atoms with Crippen molar-refractivity contribution in [3.05, 3.63) is 46.9 Å². The highest BCUT2D eigenvalue weighted by atomic mass is 32.2. The largest absolute Gasteiger partial charge is 0.454 e. The molecule has 104 valence electrons. The number of aromatic amines is 1. The number of pyridine rings is 1. The van der Waals surface area contributed by atoms with Crippen LogP contribution in [0.3, 0.4) is 0 Å². The lowest BCUT2D eigenvalue weighted by Gasteiger charge is -2.07. The standard InChI is InChI=1S/C12H10N2O5S/c15-9-3-4-13-6-12(9)20(16,17)14-8-1-2-10-11(5-8)19-7-18-10/h1-6,14H,7H2,(H,13,15). The summed E-state index contributed by atoms with van der Waals surface area (Å²) in [6.45, 7) is 0.101. The number of rotatable bonds is 3. The van der Waals surface area contributed by atoms with E-state index in [1.165, 1.54) is 18.3 Å². The Morgan fingerprint density at radius 3 is 2.75 bits per heavy atom. The van der Waals surface area contributed by atoms with Crippen LogP contribution >= 0.6 is 0 Å². The number of ether oxygens (including phenoxy) is 2. The number of hydrogen-bond donors (Lipinski definition) is 2. The van der Waals surface area contributed by atoms with E-state index in [1.807, 2.05) is 0 Å². The zero-order chi connectivity index (χ0) is 14.2. The molecular formula is C12H10N2O5S. The molecular weight excluding hydrogens is 284 g/mol. The van der Waals surface area contributed by atoms with E-state index >= 15 is 0 Å². The highest BCUT2D eigenvalue weighted by Crippen LogP contribution is 2.34. The number of nitrogens with one attached hydrogen (secondary N) is 2. The van der Waals surface area contributed by atoms with Crippen molar-refractivity contribution in [2.45, 2.75) is 4.90 Å². The van der Waals surface area contributed by atoms with E-state index in [-0.39, 0.29) is 17.4 Å². The van der Waals surface area contributed by atoms with E-state index in [0.717, 1.165) is 12.3 Å². The molecule has 2 aromatic rings. The van der Waals surface area contributed by atoms with Crippen molar-refractivity contribution in [1.29, 1.82) is 0 Å². The molecule has 0 radical (unpaired) electrons. The third kappa shape index (κ3) is 2.21. The van der Waals surface area contributed by atoms with E-state index in [2.05, 4.69) is 9.71 Å². The van der Waals surface area contributed by atoms with Crippen molar-refractivity contribution in [1.82, 2.24) is 4.98 Å². The average molecular weight is 294 g/mol. The van der Waals surface area contributed by atoms with Crippen LogP contribution in [0.15, 0.2) is 46.3 Å². The van der Waals surface area contributed by atoms with Gasteiger partial charge in [-0.2, -0.15) is 0 Å². The third-order valence-corrected chi connectivity index (χ3v) is 4.11. The normalized spacial score (nSPS) is 13.2. The van der Waals surface area contributed by atoms with Gasteiger partial charge in [0.2, 0.25) is 12.2 Å². The summed E-state index contributed by atoms with van der Waals surface area (Å²) in [6, 6.07) is 5.77. The number of benzene rings is 1. The maximum atomic E-state index is 12.1. The van der Waals surface area contributed by atoms with Gasteiger partial charge >= 0.3 is 0 Å². The Morgan fingerprint density at radius 1 is 1.15 bits per heavy atom. The van der Waals surface area contributed by atoms with Crippen LogP contribution in [0.4, 0.5) is 5.69 Å². The Morgan fingerprint density at radius 2 is 1.95 bits per heavy atom. The van der Waals surface area contributed by atoms with E-state index in [0.29, 0.717) is 11.5 Å². The number of anilines is 1. The number of H-pyrrole nitrogens is 1. The fourth-order valence-electron chi connectivity index (χ4n) is 1.78. The molecule has 0 unspecified atom stereocenters. The molecule has 1 aliphatic rings. The summed E-state index contributed by atoms with van der Waals surface area (Å²) in [4.78, 5) is 13.8. The summed E-state index contributed by atoms with van der Waals surface area (Å²) in [6.07, 6.45) is 2.50. The van der Waals surface area contributed by atoms with Crippen LogP contribution < -0.4 is 19.6 Å². The molecule has 3 rings (SSSR count). The van der Waals surface area contributed by atoms with Crippen LogP contribution in [-0.4, -0.2) is 20.2 Å². The molecule has 20 heavy (non-hydrogen) atoms. The molecule has 0 saturated carbocycles. The first-order valence-electron chi connectivity index (χ1n) is 5.66. The van der Waals surface area contributed by atoms with Gasteiger partial charge < -0.3 is 14.5 Å². The van der Waals surface area contributed by atoms with Crippen molar-refractivity contribution in [2.24, 2.45) is 0 Å². The fourth-order valence-corrected chi connectivity index (χ4v) is 2.88. The lowest BCUT2D eigenvalue weighted by Crippen LogP contribution is -2.20. The summed E-state index contributed by atoms with van der Waals surface area (Å²) in [5.74, 6) is 0.998. The molecule has 1 aromatic heterocycles. The van der Waals surface area contributed by atoms with Crippen molar-refractivity contribution in [3.8, 4) is 11.5 Å². The smallest absolute Gasteiger partial charge is 0.267 e. The zero-order valence-electron chi connectivity index (χ0n) is 10.1. The quantitative estimate of drug-likeness (QED) is 0.876. The molecule has 1 aromatic carbocycles. The minimum atomic E-state index is -3.95. The molecule has 0 atom stereocenters. The van der Waals surface area contributed by atoms with Crippen molar-refractivity contribution < 1.29 is 17.9 Å². The predicted molar refractivity (Wildman–Crippen MR) is 70.4 cm³/mol. The van der Waals surface area contributed by atoms with Gasteiger partial charge in [-0.1, -0.05) is 0 Å². The van der Waals surface area contributed by atoms with Gasteiger partial charge in [0.15, 0.2) is 16.4 Å². The van der Waals surface area contributed by atoms with E-state index in [4.69, 9.17) is 9.47 Å². The second kappa shape index (κ2) is 4.57. The molecule has 0 saturated heterocycles. The molecule has 0 amide bonds. The topological polar surface area (TPSA) is 97.5 Å². The van der Waals surface area contributed by atoms with Crippen LogP contribution in [0.1, 0.15) is 0 Å². The lowest BCUT2D eigenvalue weighted by molar-refractivity contribution is 0.174. The lowest BCUT2D eigenvalue weighted by atomic mass is 10.3. The van der Waals surface area contributed by atoms with E-state index in [1.54, 1.807) is 6.07 Å². The Kier molecular flexibility index (Phi) is 2.87. The molecule has 2 heterocycles. The summed E-state index contributed by atoms with van der Waals surface area (Å²) < 4.78 is 36.9. The monoisotopic (exact) mass is 294 g/mol. The first-order valence-corrected chi connectivity index (χ1v) is 7.14. The number of aromatic nitrogens is 1. The van der Waals surface area contributed by atoms with Crippen LogP contribution in [0, 0.1) is 0 Å². The van der Waals surface area contributed by atoms with Gasteiger partial charge in [-0.25, -0.2) is 8.42 Å². The maximum absolute atomic E-state index is 12.1. The molecule has 0 fully saturated rings. The van der Waals surface area contributed by atoms with Gasteiger partial charge in [0, 0.05) is 24.5 Å². The Labute approximate surface area is 114 Å². The van der Waals surface area contributed by atoms with Crippen LogP contribution in [0.25, 0.3) is 0 Å². The minimum absolute atomic E-state index is 0.101. The highest BCUT2D eigenvalue weighted by molar-refractivity contribution is 7.92. The van der Waals surface area contributed by atoms with Crippen LogP contribution in [0.5, 0.6) is 11.5 Å². The summed E-state index contributed by atoms with van der Waals surface area (Å²) >= 11 is 0. The van der Waals surface area contributed by atoms with Crippen molar-refractivity contribution in [2.75, 3.05) is 11.5 Å². The Hall–Kier alpha value is -2.48. The third-order valence-electron chi connectivity index (χ3n) is 2.70. The minimum Gasteiger partial charge on any atom is -0.454 e. The number of fused-ring (bicyclic) bond motifs is 1. The molecule has 0 bridgehead atoms. The van der Waals surface area contributed by atoms with Gasteiger partial charge in [-0.15, -0.1) is 0 Å². The molecule has 2 N–H and O–H groups in total. The second-order valence-electron chi connectivity index (χ2n) is 4.05. The molecule has 8 heteroatoms. The number of sulfonamides is 1. The van der Waals surface area contributed by atoms with Crippen molar-refractivity contribution in [3.63, 3.8) is 0 Å². The summed E-state index contributed by atoms with van der Waals surface area (Å²) in [5.41, 5.74) is -0.297. The molecule has 0 aliphatic carbocycles. The Bertz CT molecular complexity index is 813. The highest BCUT2D eigenvalue weighted by Gasteiger charge is 2.20. The molecule has 1 aliphatic heterocycles. The predicted octanol–water partition coefficient (Wildman–Crippen LogP) is 0.904. The number of hydrogen-bond acceptors (Lipinski definition) is 5. The van der Waals surface area contributed by atoms with Gasteiger partial charge in [-0.3, -0.25) is 9.52 Å². The Balaban J connectivity index is 1.95. The van der Waals surface area contributed by atoms with Gasteiger partial charge in [-0.05, 0) is 12.1 Å². The fraction of sp³-hybridized carbons (Fsp3) is 0.0833. The van der Waals surface area contributed by atoms with Gasteiger partial charge in [0.25, 0.3) is 10.0 Å². The first-order chi connectivity index (χ1) is 9.56. The maximum Gasteiger partial charge on any atom is 0.267 e. The van der Waals surface area contributed by atoms with Crippen molar-refractivity contribution >= 4 is 15.7 Å². The van der Waals surface area contributed by atoms with Gasteiger partial charge in [0.1, 0.15) is 0 Å². The molecule has 0 spiro atoms. The summed E-state index contributed by atoms with van der Waals surface area (Å²) in [7, 11) is -3.95. The summed E-state index contributed by atoms with van der Waals surface area (Å²) in [5, 5.41) is 0. The zero-order valence-corrected chi connectivity index (χ0v) is 10.9. The van der Waals surface area contributed by atoms with E-state index < -0.39 is 15.5 Å². The van der Waals surface area contributed by atoms with Crippen LogP contribution in [0.2, 0.25) is 0 Å². The second-order valence-corrected chi connectivity index (χ2v) is 5.70. The average Bonchev–Trinajstić information content (AvgIpc) is 2.86. The van der Waals surface area contributed by atoms with Crippen LogP contribution in [-0.2, 0) is 10.0 Å². The van der Waals surface area contributed by atoms with Gasteiger partial charge in [0.05, 0.1) is 5.69 Å². The first kappa shape index (κ1) is 12.5.